The number of benzene rings is 1. The molecular formula is C14H17FO3. The fourth-order valence-electron chi connectivity index (χ4n) is 1.30. The second-order valence-corrected chi connectivity index (χ2v) is 3.50. The summed E-state index contributed by atoms with van der Waals surface area (Å²) in [7, 11) is 0. The number of ether oxygens (including phenoxy) is 2. The van der Waals surface area contributed by atoms with Gasteiger partial charge in [0.1, 0.15) is 18.2 Å². The van der Waals surface area contributed by atoms with Crippen molar-refractivity contribution in [1.29, 1.82) is 0 Å². The minimum Gasteiger partial charge on any atom is -0.491 e. The summed E-state index contributed by atoms with van der Waals surface area (Å²) in [6.07, 6.45) is 0.372. The summed E-state index contributed by atoms with van der Waals surface area (Å²) in [5.41, 5.74) is 0.537. The zero-order valence-corrected chi connectivity index (χ0v) is 10.4. The molecule has 0 amide bonds. The quantitative estimate of drug-likeness (QED) is 0.621. The molecular weight excluding hydrogens is 235 g/mol. The van der Waals surface area contributed by atoms with E-state index < -0.39 is 5.82 Å². The lowest BCUT2D eigenvalue weighted by atomic mass is 10.2. The molecule has 0 unspecified atom stereocenters. The highest BCUT2D eigenvalue weighted by Crippen LogP contribution is 2.15. The third kappa shape index (κ3) is 5.67. The second kappa shape index (κ2) is 8.51. The first-order valence-corrected chi connectivity index (χ1v) is 5.87. The molecule has 3 nitrogen and oxygen atoms in total. The van der Waals surface area contributed by atoms with Crippen LogP contribution in [0, 0.1) is 17.7 Å². The Morgan fingerprint density at radius 3 is 2.83 bits per heavy atom. The van der Waals surface area contributed by atoms with E-state index in [0.717, 1.165) is 0 Å². The van der Waals surface area contributed by atoms with Gasteiger partial charge in [-0.3, -0.25) is 0 Å². The number of aliphatic hydroxyl groups excluding tert-OH is 1. The van der Waals surface area contributed by atoms with Crippen LogP contribution in [0.2, 0.25) is 0 Å². The summed E-state index contributed by atoms with van der Waals surface area (Å²) in [6, 6.07) is 4.31. The van der Waals surface area contributed by atoms with Crippen LogP contribution in [0.1, 0.15) is 18.9 Å². The van der Waals surface area contributed by atoms with Gasteiger partial charge in [0.05, 0.1) is 13.2 Å². The molecule has 4 heteroatoms. The van der Waals surface area contributed by atoms with Crippen molar-refractivity contribution in [3.8, 4) is 17.6 Å². The lowest BCUT2D eigenvalue weighted by Gasteiger charge is -2.06. The fraction of sp³-hybridized carbons (Fsp3) is 0.429. The normalized spacial score (nSPS) is 9.72. The Morgan fingerprint density at radius 2 is 2.11 bits per heavy atom. The third-order valence-corrected chi connectivity index (χ3v) is 2.04. The van der Waals surface area contributed by atoms with Crippen LogP contribution in [0.5, 0.6) is 5.75 Å². The molecule has 0 heterocycles. The molecule has 98 valence electrons. The van der Waals surface area contributed by atoms with Crippen molar-refractivity contribution in [2.45, 2.75) is 13.3 Å². The maximum Gasteiger partial charge on any atom is 0.128 e. The van der Waals surface area contributed by atoms with Gasteiger partial charge in [0.2, 0.25) is 0 Å². The lowest BCUT2D eigenvalue weighted by Crippen LogP contribution is -2.06. The van der Waals surface area contributed by atoms with Crippen LogP contribution in [-0.4, -0.2) is 31.5 Å². The number of rotatable bonds is 6. The van der Waals surface area contributed by atoms with Gasteiger partial charge >= 0.3 is 0 Å². The van der Waals surface area contributed by atoms with Gasteiger partial charge in [-0.05, 0) is 19.1 Å². The van der Waals surface area contributed by atoms with E-state index in [9.17, 15) is 4.39 Å². The van der Waals surface area contributed by atoms with E-state index in [1.54, 1.807) is 6.07 Å². The average molecular weight is 252 g/mol. The zero-order chi connectivity index (χ0) is 13.2. The molecule has 0 atom stereocenters. The van der Waals surface area contributed by atoms with Crippen molar-refractivity contribution in [1.82, 2.24) is 0 Å². The summed E-state index contributed by atoms with van der Waals surface area (Å²) >= 11 is 0. The van der Waals surface area contributed by atoms with Gasteiger partial charge < -0.3 is 14.6 Å². The van der Waals surface area contributed by atoms with Crippen molar-refractivity contribution in [3.05, 3.63) is 29.6 Å². The average Bonchev–Trinajstić information content (AvgIpc) is 2.34. The molecule has 1 rings (SSSR count). The number of hydrogen-bond acceptors (Lipinski definition) is 3. The van der Waals surface area contributed by atoms with Gasteiger partial charge in [-0.1, -0.05) is 11.8 Å². The second-order valence-electron chi connectivity index (χ2n) is 3.50. The monoisotopic (exact) mass is 252 g/mol. The fourth-order valence-corrected chi connectivity index (χ4v) is 1.30. The molecule has 0 aromatic heterocycles. The Hall–Kier alpha value is -1.57. The van der Waals surface area contributed by atoms with Crippen molar-refractivity contribution >= 4 is 0 Å². The van der Waals surface area contributed by atoms with E-state index in [1.807, 2.05) is 6.92 Å². The predicted molar refractivity (Wildman–Crippen MR) is 67.0 cm³/mol. The molecule has 1 aromatic rings. The summed E-state index contributed by atoms with van der Waals surface area (Å²) < 4.78 is 23.8. The molecule has 0 fully saturated rings. The van der Waals surface area contributed by atoms with Crippen molar-refractivity contribution in [2.24, 2.45) is 0 Å². The predicted octanol–water partition coefficient (Wildman–Crippen LogP) is 1.97. The highest BCUT2D eigenvalue weighted by molar-refractivity contribution is 5.40. The maximum atomic E-state index is 13.3. The summed E-state index contributed by atoms with van der Waals surface area (Å²) in [4.78, 5) is 0. The van der Waals surface area contributed by atoms with E-state index in [4.69, 9.17) is 14.6 Å². The van der Waals surface area contributed by atoms with Crippen LogP contribution in [0.4, 0.5) is 4.39 Å². The van der Waals surface area contributed by atoms with Crippen LogP contribution in [0.25, 0.3) is 0 Å². The first-order valence-electron chi connectivity index (χ1n) is 5.87. The third-order valence-electron chi connectivity index (χ3n) is 2.04. The molecule has 18 heavy (non-hydrogen) atoms. The van der Waals surface area contributed by atoms with Gasteiger partial charge in [-0.2, -0.15) is 0 Å². The first-order chi connectivity index (χ1) is 8.76. The van der Waals surface area contributed by atoms with Crippen LogP contribution < -0.4 is 4.74 Å². The van der Waals surface area contributed by atoms with Crippen LogP contribution in [0.15, 0.2) is 18.2 Å². The smallest absolute Gasteiger partial charge is 0.128 e. The van der Waals surface area contributed by atoms with Gasteiger partial charge in [-0.15, -0.1) is 0 Å². The molecule has 0 aliphatic rings. The van der Waals surface area contributed by atoms with E-state index >= 15 is 0 Å². The van der Waals surface area contributed by atoms with E-state index in [1.165, 1.54) is 12.1 Å². The lowest BCUT2D eigenvalue weighted by molar-refractivity contribution is 0.110. The number of halogens is 1. The van der Waals surface area contributed by atoms with Crippen molar-refractivity contribution < 1.29 is 19.0 Å². The highest BCUT2D eigenvalue weighted by atomic mass is 19.1. The number of hydrogen-bond donors (Lipinski definition) is 1. The summed E-state index contributed by atoms with van der Waals surface area (Å²) in [5, 5.41) is 8.60. The standard InChI is InChI=1S/C14H17FO3/c1-2-17-7-8-18-14-10-12(5-3-4-6-16)9-13(15)11-14/h9-11,16H,2,4,6-8H2,1H3. The molecule has 0 aliphatic carbocycles. The minimum atomic E-state index is -0.391. The molecule has 0 saturated heterocycles. The van der Waals surface area contributed by atoms with Crippen LogP contribution in [-0.2, 0) is 4.74 Å². The van der Waals surface area contributed by atoms with E-state index in [2.05, 4.69) is 11.8 Å². The van der Waals surface area contributed by atoms with Crippen molar-refractivity contribution in [2.75, 3.05) is 26.4 Å². The Balaban J connectivity index is 2.60. The van der Waals surface area contributed by atoms with Crippen LogP contribution in [0.3, 0.4) is 0 Å². The Bertz CT molecular complexity index is 421. The molecule has 0 radical (unpaired) electrons. The SMILES string of the molecule is CCOCCOc1cc(F)cc(C#CCCO)c1. The topological polar surface area (TPSA) is 38.7 Å². The molecule has 0 aliphatic heterocycles. The zero-order valence-electron chi connectivity index (χ0n) is 10.4. The van der Waals surface area contributed by atoms with E-state index in [0.29, 0.717) is 37.6 Å². The summed E-state index contributed by atoms with van der Waals surface area (Å²) in [5.74, 6) is 5.54. The molecule has 0 spiro atoms. The largest absolute Gasteiger partial charge is 0.491 e. The van der Waals surface area contributed by atoms with Gasteiger partial charge in [0.25, 0.3) is 0 Å². The van der Waals surface area contributed by atoms with Gasteiger partial charge in [0.15, 0.2) is 0 Å². The minimum absolute atomic E-state index is 0.0000292. The Labute approximate surface area is 107 Å². The molecule has 1 aromatic carbocycles. The first kappa shape index (κ1) is 14.5. The van der Waals surface area contributed by atoms with Gasteiger partial charge in [0, 0.05) is 24.7 Å². The summed E-state index contributed by atoms with van der Waals surface area (Å²) in [6.45, 7) is 3.38. The Kier molecular flexibility index (Phi) is 6.85. The number of aliphatic hydroxyl groups is 1. The maximum absolute atomic E-state index is 13.3. The van der Waals surface area contributed by atoms with E-state index in [-0.39, 0.29) is 6.61 Å². The van der Waals surface area contributed by atoms with Gasteiger partial charge in [-0.25, -0.2) is 4.39 Å². The van der Waals surface area contributed by atoms with Crippen molar-refractivity contribution in [3.63, 3.8) is 0 Å². The molecule has 0 saturated carbocycles. The highest BCUT2D eigenvalue weighted by Gasteiger charge is 2.00. The molecule has 1 N–H and O–H groups in total. The Morgan fingerprint density at radius 1 is 1.28 bits per heavy atom. The van der Waals surface area contributed by atoms with Crippen LogP contribution >= 0.6 is 0 Å². The molecule has 0 bridgehead atoms.